The van der Waals surface area contributed by atoms with Crippen molar-refractivity contribution in [3.8, 4) is 0 Å². The van der Waals surface area contributed by atoms with E-state index in [9.17, 15) is 9.59 Å². The van der Waals surface area contributed by atoms with Crippen LogP contribution in [0.1, 0.15) is 72.6 Å². The van der Waals surface area contributed by atoms with Crippen molar-refractivity contribution < 1.29 is 9.59 Å². The lowest BCUT2D eigenvalue weighted by molar-refractivity contribution is -0.129. The molecule has 2 atom stereocenters. The molecule has 0 aliphatic rings. The minimum atomic E-state index is -0.342. The number of carbonyl (C=O) groups excluding carboxylic acids is 2. The number of hydrogen-bond donors (Lipinski definition) is 1. The van der Waals surface area contributed by atoms with Gasteiger partial charge in [-0.25, -0.2) is 0 Å². The van der Waals surface area contributed by atoms with Gasteiger partial charge in [-0.2, -0.15) is 0 Å². The van der Waals surface area contributed by atoms with Crippen LogP contribution in [-0.2, 0) is 9.59 Å². The topological polar surface area (TPSA) is 46.2 Å². The summed E-state index contributed by atoms with van der Waals surface area (Å²) in [6.07, 6.45) is 7.72. The molecule has 0 rings (SSSR count). The third-order valence-electron chi connectivity index (χ3n) is 3.29. The summed E-state index contributed by atoms with van der Waals surface area (Å²) >= 11 is 0. The molecule has 1 unspecified atom stereocenters. The molecule has 0 saturated carbocycles. The maximum Gasteiger partial charge on any atom is 0.217 e. The standard InChI is InChI=1S/C15H29NO2/c1-5-7-8-9-11-14(10-6-2)15(18)12(3)16-13(4)17/h12,14H,5-11H2,1-4H3,(H,16,17)/t12-,14?/m0/s1. The molecule has 0 aromatic heterocycles. The molecule has 0 fully saturated rings. The van der Waals surface area contributed by atoms with Gasteiger partial charge < -0.3 is 5.32 Å². The van der Waals surface area contributed by atoms with Crippen LogP contribution in [-0.4, -0.2) is 17.7 Å². The zero-order chi connectivity index (χ0) is 14.0. The fourth-order valence-corrected chi connectivity index (χ4v) is 2.32. The van der Waals surface area contributed by atoms with Crippen LogP contribution in [0.25, 0.3) is 0 Å². The van der Waals surface area contributed by atoms with Gasteiger partial charge in [0, 0.05) is 12.8 Å². The summed E-state index contributed by atoms with van der Waals surface area (Å²) in [6.45, 7) is 7.54. The highest BCUT2D eigenvalue weighted by atomic mass is 16.2. The molecule has 18 heavy (non-hydrogen) atoms. The molecule has 0 radical (unpaired) electrons. The Morgan fingerprint density at radius 1 is 1.00 bits per heavy atom. The molecule has 0 aliphatic heterocycles. The van der Waals surface area contributed by atoms with E-state index in [0.29, 0.717) is 0 Å². The van der Waals surface area contributed by atoms with Crippen molar-refractivity contribution in [2.75, 3.05) is 0 Å². The van der Waals surface area contributed by atoms with E-state index in [1.807, 2.05) is 0 Å². The molecular weight excluding hydrogens is 226 g/mol. The highest BCUT2D eigenvalue weighted by Gasteiger charge is 2.23. The maximum atomic E-state index is 12.2. The second-order valence-corrected chi connectivity index (χ2v) is 5.16. The van der Waals surface area contributed by atoms with Crippen molar-refractivity contribution in [2.45, 2.75) is 78.7 Å². The van der Waals surface area contributed by atoms with Crippen molar-refractivity contribution in [3.63, 3.8) is 0 Å². The third-order valence-corrected chi connectivity index (χ3v) is 3.29. The van der Waals surface area contributed by atoms with Gasteiger partial charge in [-0.1, -0.05) is 46.0 Å². The first-order valence-electron chi connectivity index (χ1n) is 7.33. The molecule has 106 valence electrons. The zero-order valence-electron chi connectivity index (χ0n) is 12.4. The van der Waals surface area contributed by atoms with Crippen molar-refractivity contribution in [1.29, 1.82) is 0 Å². The number of carbonyl (C=O) groups is 2. The molecule has 0 bridgehead atoms. The van der Waals surface area contributed by atoms with Crippen molar-refractivity contribution in [1.82, 2.24) is 5.32 Å². The largest absolute Gasteiger partial charge is 0.347 e. The molecule has 1 N–H and O–H groups in total. The van der Waals surface area contributed by atoms with Gasteiger partial charge in [0.25, 0.3) is 0 Å². The fraction of sp³-hybridized carbons (Fsp3) is 0.867. The van der Waals surface area contributed by atoms with E-state index >= 15 is 0 Å². The Balaban J connectivity index is 4.20. The Labute approximate surface area is 112 Å². The fourth-order valence-electron chi connectivity index (χ4n) is 2.32. The predicted octanol–water partition coefficient (Wildman–Crippen LogP) is 3.47. The van der Waals surface area contributed by atoms with Crippen LogP contribution in [0.5, 0.6) is 0 Å². The van der Waals surface area contributed by atoms with Crippen molar-refractivity contribution in [2.24, 2.45) is 5.92 Å². The normalized spacial score (nSPS) is 14.0. The summed E-state index contributed by atoms with van der Waals surface area (Å²) in [7, 11) is 0. The Morgan fingerprint density at radius 2 is 1.67 bits per heavy atom. The van der Waals surface area contributed by atoms with Crippen LogP contribution in [0.3, 0.4) is 0 Å². The Morgan fingerprint density at radius 3 is 2.17 bits per heavy atom. The summed E-state index contributed by atoms with van der Waals surface area (Å²) in [5.41, 5.74) is 0. The van der Waals surface area contributed by atoms with Gasteiger partial charge in [0.1, 0.15) is 0 Å². The van der Waals surface area contributed by atoms with Gasteiger partial charge in [0.2, 0.25) is 5.91 Å². The molecule has 3 heteroatoms. The quantitative estimate of drug-likeness (QED) is 0.608. The Kier molecular flexibility index (Phi) is 9.62. The minimum absolute atomic E-state index is 0.119. The lowest BCUT2D eigenvalue weighted by Gasteiger charge is -2.20. The van der Waals surface area contributed by atoms with Crippen LogP contribution >= 0.6 is 0 Å². The number of nitrogens with one attached hydrogen (secondary N) is 1. The lowest BCUT2D eigenvalue weighted by atomic mass is 9.89. The molecule has 0 spiro atoms. The SMILES string of the molecule is CCCCCCC(CCC)C(=O)[C@H](C)NC(C)=O. The van der Waals surface area contributed by atoms with Gasteiger partial charge in [-0.15, -0.1) is 0 Å². The van der Waals surface area contributed by atoms with Crippen LogP contribution in [0, 0.1) is 5.92 Å². The molecule has 1 amide bonds. The van der Waals surface area contributed by atoms with Gasteiger partial charge in [0.05, 0.1) is 6.04 Å². The number of ketones is 1. The number of rotatable bonds is 10. The summed E-state index contributed by atoms with van der Waals surface area (Å²) in [4.78, 5) is 23.2. The highest BCUT2D eigenvalue weighted by molar-refractivity contribution is 5.89. The lowest BCUT2D eigenvalue weighted by Crippen LogP contribution is -2.40. The Bertz CT molecular complexity index is 251. The maximum absolute atomic E-state index is 12.2. The summed E-state index contributed by atoms with van der Waals surface area (Å²) in [5, 5.41) is 2.69. The monoisotopic (exact) mass is 255 g/mol. The number of hydrogen-bond acceptors (Lipinski definition) is 2. The van der Waals surface area contributed by atoms with E-state index < -0.39 is 0 Å². The van der Waals surface area contributed by atoms with Gasteiger partial charge in [0.15, 0.2) is 5.78 Å². The van der Waals surface area contributed by atoms with Gasteiger partial charge >= 0.3 is 0 Å². The van der Waals surface area contributed by atoms with E-state index in [4.69, 9.17) is 0 Å². The average Bonchev–Trinajstić information content (AvgIpc) is 2.31. The van der Waals surface area contributed by atoms with Crippen LogP contribution < -0.4 is 5.32 Å². The minimum Gasteiger partial charge on any atom is -0.347 e. The number of Topliss-reactive ketones (excluding diaryl/α,β-unsaturated/α-hetero) is 1. The third kappa shape index (κ3) is 7.46. The van der Waals surface area contributed by atoms with Crippen molar-refractivity contribution in [3.05, 3.63) is 0 Å². The molecule has 0 aromatic carbocycles. The second-order valence-electron chi connectivity index (χ2n) is 5.16. The highest BCUT2D eigenvalue weighted by Crippen LogP contribution is 2.18. The van der Waals surface area contributed by atoms with E-state index in [1.54, 1.807) is 6.92 Å². The number of unbranched alkanes of at least 4 members (excludes halogenated alkanes) is 3. The first-order valence-corrected chi connectivity index (χ1v) is 7.33. The first-order chi connectivity index (χ1) is 8.52. The van der Waals surface area contributed by atoms with Gasteiger partial charge in [-0.3, -0.25) is 9.59 Å². The summed E-state index contributed by atoms with van der Waals surface area (Å²) in [5.74, 6) is 0.189. The summed E-state index contributed by atoms with van der Waals surface area (Å²) in [6, 6.07) is -0.342. The average molecular weight is 255 g/mol. The molecule has 0 heterocycles. The smallest absolute Gasteiger partial charge is 0.217 e. The first kappa shape index (κ1) is 17.1. The Hall–Kier alpha value is -0.860. The van der Waals surface area contributed by atoms with E-state index in [1.165, 1.54) is 26.2 Å². The van der Waals surface area contributed by atoms with Gasteiger partial charge in [-0.05, 0) is 19.8 Å². The van der Waals surface area contributed by atoms with Crippen molar-refractivity contribution >= 4 is 11.7 Å². The molecule has 0 aliphatic carbocycles. The predicted molar refractivity (Wildman–Crippen MR) is 75.4 cm³/mol. The van der Waals surface area contributed by atoms with E-state index in [2.05, 4.69) is 19.2 Å². The zero-order valence-corrected chi connectivity index (χ0v) is 12.4. The van der Waals surface area contributed by atoms with Crippen LogP contribution in [0.2, 0.25) is 0 Å². The van der Waals surface area contributed by atoms with Crippen LogP contribution in [0.4, 0.5) is 0 Å². The molecule has 3 nitrogen and oxygen atoms in total. The molecule has 0 aromatic rings. The second kappa shape index (κ2) is 10.1. The summed E-state index contributed by atoms with van der Waals surface area (Å²) < 4.78 is 0. The van der Waals surface area contributed by atoms with Crippen LogP contribution in [0.15, 0.2) is 0 Å². The van der Waals surface area contributed by atoms with E-state index in [0.717, 1.165) is 25.7 Å². The molecule has 0 saturated heterocycles. The van der Waals surface area contributed by atoms with E-state index in [-0.39, 0.29) is 23.7 Å². The molecular formula is C15H29NO2. The number of amides is 1.